The Morgan fingerprint density at radius 2 is 1.45 bits per heavy atom. The van der Waals surface area contributed by atoms with Gasteiger partial charge in [-0.25, -0.2) is 14.4 Å². The first-order valence-electron chi connectivity index (χ1n) is 10.5. The average molecular weight is 460 g/mol. The SMILES string of the molecule is COc1ccc(C2=NN(c3nc(-c4ccc(F)cc4)cs3)C(c3ccc(OC)cc3)C2)cc1. The van der Waals surface area contributed by atoms with Crippen molar-refractivity contribution in [3.63, 3.8) is 0 Å². The summed E-state index contributed by atoms with van der Waals surface area (Å²) in [6.45, 7) is 0. The zero-order chi connectivity index (χ0) is 22.8. The maximum absolute atomic E-state index is 13.3. The molecule has 1 aromatic heterocycles. The molecule has 2 heterocycles. The Balaban J connectivity index is 1.51. The van der Waals surface area contributed by atoms with Crippen molar-refractivity contribution in [3.05, 3.63) is 95.1 Å². The van der Waals surface area contributed by atoms with Crippen LogP contribution in [0.1, 0.15) is 23.6 Å². The Morgan fingerprint density at radius 3 is 2.09 bits per heavy atom. The summed E-state index contributed by atoms with van der Waals surface area (Å²) in [6.07, 6.45) is 0.740. The van der Waals surface area contributed by atoms with Gasteiger partial charge in [-0.3, -0.25) is 0 Å². The van der Waals surface area contributed by atoms with E-state index >= 15 is 0 Å². The molecule has 166 valence electrons. The third-order valence-electron chi connectivity index (χ3n) is 5.66. The third-order valence-corrected chi connectivity index (χ3v) is 6.49. The predicted octanol–water partition coefficient (Wildman–Crippen LogP) is 6.32. The summed E-state index contributed by atoms with van der Waals surface area (Å²) < 4.78 is 24.0. The third kappa shape index (κ3) is 4.32. The van der Waals surface area contributed by atoms with Gasteiger partial charge in [-0.05, 0) is 71.8 Å². The standard InChI is InChI=1S/C26H22FN3O2S/c1-31-21-11-5-17(6-12-21)23-15-25(19-7-13-22(32-2)14-8-19)30(29-23)26-28-24(16-33-26)18-3-9-20(27)10-4-18/h3-14,16,25H,15H2,1-2H3. The van der Waals surface area contributed by atoms with Gasteiger partial charge in [0.1, 0.15) is 17.3 Å². The van der Waals surface area contributed by atoms with Crippen LogP contribution in [0.4, 0.5) is 9.52 Å². The molecule has 5 nitrogen and oxygen atoms in total. The molecular weight excluding hydrogens is 437 g/mol. The van der Waals surface area contributed by atoms with E-state index in [4.69, 9.17) is 19.6 Å². The molecule has 1 aliphatic heterocycles. The molecule has 1 unspecified atom stereocenters. The van der Waals surface area contributed by atoms with Crippen LogP contribution in [0.15, 0.2) is 83.3 Å². The highest BCUT2D eigenvalue weighted by Gasteiger charge is 2.31. The second kappa shape index (κ2) is 9.03. The summed E-state index contributed by atoms with van der Waals surface area (Å²) in [5.41, 5.74) is 4.83. The molecule has 0 N–H and O–H groups in total. The van der Waals surface area contributed by atoms with E-state index in [1.165, 1.54) is 23.5 Å². The second-order valence-electron chi connectivity index (χ2n) is 7.64. The van der Waals surface area contributed by atoms with Gasteiger partial charge in [-0.15, -0.1) is 11.3 Å². The molecule has 0 saturated heterocycles. The minimum absolute atomic E-state index is 0.000209. The van der Waals surface area contributed by atoms with Crippen molar-refractivity contribution in [3.8, 4) is 22.8 Å². The van der Waals surface area contributed by atoms with E-state index in [9.17, 15) is 4.39 Å². The predicted molar refractivity (Wildman–Crippen MR) is 130 cm³/mol. The zero-order valence-corrected chi connectivity index (χ0v) is 19.1. The summed E-state index contributed by atoms with van der Waals surface area (Å²) in [7, 11) is 3.32. The van der Waals surface area contributed by atoms with Crippen molar-refractivity contribution in [2.24, 2.45) is 5.10 Å². The lowest BCUT2D eigenvalue weighted by molar-refractivity contribution is 0.414. The Morgan fingerprint density at radius 1 is 0.848 bits per heavy atom. The number of rotatable bonds is 6. The van der Waals surface area contributed by atoms with Crippen molar-refractivity contribution >= 4 is 22.2 Å². The van der Waals surface area contributed by atoms with Crippen LogP contribution in [0.2, 0.25) is 0 Å². The van der Waals surface area contributed by atoms with Gasteiger partial charge >= 0.3 is 0 Å². The first kappa shape index (κ1) is 21.2. The number of benzene rings is 3. The normalized spacial score (nSPS) is 15.4. The summed E-state index contributed by atoms with van der Waals surface area (Å²) in [4.78, 5) is 4.83. The first-order chi connectivity index (χ1) is 16.1. The van der Waals surface area contributed by atoms with Crippen molar-refractivity contribution in [2.45, 2.75) is 12.5 Å². The number of hydrogen-bond acceptors (Lipinski definition) is 6. The molecule has 33 heavy (non-hydrogen) atoms. The van der Waals surface area contributed by atoms with E-state index in [1.54, 1.807) is 26.4 Å². The molecule has 0 amide bonds. The average Bonchev–Trinajstić information content (AvgIpc) is 3.52. The maximum Gasteiger partial charge on any atom is 0.207 e. The van der Waals surface area contributed by atoms with Crippen LogP contribution >= 0.6 is 11.3 Å². The number of methoxy groups -OCH3 is 2. The maximum atomic E-state index is 13.3. The molecule has 0 spiro atoms. The monoisotopic (exact) mass is 459 g/mol. The number of halogens is 1. The fraction of sp³-hybridized carbons (Fsp3) is 0.154. The van der Waals surface area contributed by atoms with Gasteiger partial charge < -0.3 is 9.47 Å². The number of anilines is 1. The smallest absolute Gasteiger partial charge is 0.207 e. The summed E-state index contributed by atoms with van der Waals surface area (Å²) in [5, 5.41) is 9.73. The van der Waals surface area contributed by atoms with Gasteiger partial charge in [0, 0.05) is 17.4 Å². The number of aromatic nitrogens is 1. The van der Waals surface area contributed by atoms with Gasteiger partial charge in [-0.1, -0.05) is 12.1 Å². The van der Waals surface area contributed by atoms with Gasteiger partial charge in [0.15, 0.2) is 0 Å². The summed E-state index contributed by atoms with van der Waals surface area (Å²) in [6, 6.07) is 22.4. The van der Waals surface area contributed by atoms with Crippen molar-refractivity contribution in [2.75, 3.05) is 19.2 Å². The lowest BCUT2D eigenvalue weighted by Crippen LogP contribution is -2.18. The van der Waals surface area contributed by atoms with Crippen LogP contribution < -0.4 is 14.5 Å². The quantitative estimate of drug-likeness (QED) is 0.338. The number of nitrogens with zero attached hydrogens (tertiary/aromatic N) is 3. The van der Waals surface area contributed by atoms with Crippen molar-refractivity contribution in [1.29, 1.82) is 0 Å². The Kier molecular flexibility index (Phi) is 5.79. The molecule has 0 radical (unpaired) electrons. The molecule has 0 saturated carbocycles. The lowest BCUT2D eigenvalue weighted by Gasteiger charge is -2.21. The van der Waals surface area contributed by atoms with E-state index < -0.39 is 0 Å². The molecule has 5 rings (SSSR count). The number of ether oxygens (including phenoxy) is 2. The Labute approximate surface area is 195 Å². The molecule has 0 fully saturated rings. The minimum atomic E-state index is -0.262. The fourth-order valence-electron chi connectivity index (χ4n) is 3.85. The molecule has 0 bridgehead atoms. The first-order valence-corrected chi connectivity index (χ1v) is 11.4. The van der Waals surface area contributed by atoms with Crippen LogP contribution in [0.3, 0.4) is 0 Å². The summed E-state index contributed by atoms with van der Waals surface area (Å²) in [5.74, 6) is 1.36. The zero-order valence-electron chi connectivity index (χ0n) is 18.2. The highest BCUT2D eigenvalue weighted by atomic mass is 32.1. The van der Waals surface area contributed by atoms with Crippen LogP contribution in [0.25, 0.3) is 11.3 Å². The topological polar surface area (TPSA) is 47.0 Å². The number of hydrogen-bond donors (Lipinski definition) is 0. The van der Waals surface area contributed by atoms with Crippen LogP contribution in [-0.2, 0) is 0 Å². The van der Waals surface area contributed by atoms with Gasteiger partial charge in [-0.2, -0.15) is 5.10 Å². The highest BCUT2D eigenvalue weighted by molar-refractivity contribution is 7.14. The largest absolute Gasteiger partial charge is 0.497 e. The molecule has 0 aliphatic carbocycles. The highest BCUT2D eigenvalue weighted by Crippen LogP contribution is 2.40. The Bertz CT molecular complexity index is 1270. The van der Waals surface area contributed by atoms with Gasteiger partial charge in [0.2, 0.25) is 5.13 Å². The molecule has 7 heteroatoms. The van der Waals surface area contributed by atoms with Crippen LogP contribution in [0, 0.1) is 5.82 Å². The van der Waals surface area contributed by atoms with Crippen LogP contribution in [-0.4, -0.2) is 24.9 Å². The van der Waals surface area contributed by atoms with E-state index in [0.717, 1.165) is 51.1 Å². The molecular formula is C26H22FN3O2S. The van der Waals surface area contributed by atoms with Crippen molar-refractivity contribution in [1.82, 2.24) is 4.98 Å². The van der Waals surface area contributed by atoms with E-state index in [2.05, 4.69) is 12.1 Å². The van der Waals surface area contributed by atoms with E-state index in [-0.39, 0.29) is 11.9 Å². The summed E-state index contributed by atoms with van der Waals surface area (Å²) >= 11 is 1.52. The van der Waals surface area contributed by atoms with Crippen molar-refractivity contribution < 1.29 is 13.9 Å². The molecule has 3 aromatic carbocycles. The fourth-order valence-corrected chi connectivity index (χ4v) is 4.69. The van der Waals surface area contributed by atoms with E-state index in [0.29, 0.717) is 0 Å². The Hall–Kier alpha value is -3.71. The van der Waals surface area contributed by atoms with Gasteiger partial charge in [0.25, 0.3) is 0 Å². The minimum Gasteiger partial charge on any atom is -0.497 e. The number of hydrazone groups is 1. The lowest BCUT2D eigenvalue weighted by atomic mass is 9.98. The number of thiazole rings is 1. The van der Waals surface area contributed by atoms with E-state index in [1.807, 2.05) is 46.8 Å². The molecule has 1 aliphatic rings. The molecule has 4 aromatic rings. The van der Waals surface area contributed by atoms with Crippen LogP contribution in [0.5, 0.6) is 11.5 Å². The molecule has 1 atom stereocenters. The second-order valence-corrected chi connectivity index (χ2v) is 8.47. The van der Waals surface area contributed by atoms with Gasteiger partial charge in [0.05, 0.1) is 31.7 Å².